The van der Waals surface area contributed by atoms with E-state index < -0.39 is 0 Å². The second kappa shape index (κ2) is 9.92. The maximum Gasteiger partial charge on any atom is 0.222 e. The van der Waals surface area contributed by atoms with E-state index in [9.17, 15) is 4.79 Å². The number of amides is 1. The van der Waals surface area contributed by atoms with Gasteiger partial charge in [-0.2, -0.15) is 5.10 Å². The van der Waals surface area contributed by atoms with Gasteiger partial charge in [-0.3, -0.25) is 4.79 Å². The number of aromatic nitrogens is 2. The van der Waals surface area contributed by atoms with Crippen LogP contribution in [0.3, 0.4) is 0 Å². The summed E-state index contributed by atoms with van der Waals surface area (Å²) in [6.07, 6.45) is 1.83. The van der Waals surface area contributed by atoms with Crippen molar-refractivity contribution in [2.24, 2.45) is 5.73 Å². The Bertz CT molecular complexity index is 627. The summed E-state index contributed by atoms with van der Waals surface area (Å²) < 4.78 is 12.0. The number of benzene rings is 1. The molecule has 3 N–H and O–H groups in total. The van der Waals surface area contributed by atoms with Crippen LogP contribution in [0, 0.1) is 0 Å². The van der Waals surface area contributed by atoms with Crippen LogP contribution in [0.25, 0.3) is 5.69 Å². The van der Waals surface area contributed by atoms with E-state index in [1.54, 1.807) is 18.9 Å². The largest absolute Gasteiger partial charge is 0.497 e. The van der Waals surface area contributed by atoms with E-state index in [1.165, 1.54) is 0 Å². The predicted molar refractivity (Wildman–Crippen MR) is 93.7 cm³/mol. The third-order valence-corrected chi connectivity index (χ3v) is 3.46. The lowest BCUT2D eigenvalue weighted by atomic mass is 10.2. The molecule has 1 aromatic carbocycles. The van der Waals surface area contributed by atoms with Crippen molar-refractivity contribution in [1.82, 2.24) is 15.1 Å². The Labute approximate surface area is 147 Å². The molecule has 0 saturated heterocycles. The molecule has 1 aromatic heterocycles. The van der Waals surface area contributed by atoms with Crippen LogP contribution >= 0.6 is 12.4 Å². The standard InChI is InChI=1S/C16H22N4O3.ClH/c1-22-14-5-3-13(4-6-14)20-8-7-12(19-20)11-18-16(21)9-15(10-17)23-2;/h3-8,15H,9-11,17H2,1-2H3,(H,18,21);1H. The van der Waals surface area contributed by atoms with Gasteiger partial charge >= 0.3 is 0 Å². The van der Waals surface area contributed by atoms with Crippen LogP contribution in [0.2, 0.25) is 0 Å². The zero-order valence-electron chi connectivity index (χ0n) is 13.8. The molecule has 1 heterocycles. The lowest BCUT2D eigenvalue weighted by Gasteiger charge is -2.12. The number of hydrogen-bond acceptors (Lipinski definition) is 5. The topological polar surface area (TPSA) is 91.4 Å². The molecule has 1 unspecified atom stereocenters. The summed E-state index contributed by atoms with van der Waals surface area (Å²) in [7, 11) is 3.17. The molecule has 0 aliphatic heterocycles. The molecular weight excluding hydrogens is 332 g/mol. The number of nitrogens with two attached hydrogens (primary N) is 1. The molecule has 0 radical (unpaired) electrons. The second-order valence-corrected chi connectivity index (χ2v) is 5.02. The van der Waals surface area contributed by atoms with Crippen molar-refractivity contribution in [1.29, 1.82) is 0 Å². The molecular formula is C16H23ClN4O3. The molecule has 0 fully saturated rings. The molecule has 2 aromatic rings. The molecule has 0 aliphatic rings. The highest BCUT2D eigenvalue weighted by molar-refractivity contribution is 5.85. The molecule has 0 aliphatic carbocycles. The smallest absolute Gasteiger partial charge is 0.222 e. The third-order valence-electron chi connectivity index (χ3n) is 3.46. The molecule has 0 saturated carbocycles. The third kappa shape index (κ3) is 5.52. The average Bonchev–Trinajstić information content (AvgIpc) is 3.07. The number of rotatable bonds is 8. The van der Waals surface area contributed by atoms with Gasteiger partial charge in [-0.25, -0.2) is 4.68 Å². The number of nitrogens with one attached hydrogen (secondary N) is 1. The number of methoxy groups -OCH3 is 2. The average molecular weight is 355 g/mol. The molecule has 0 spiro atoms. The lowest BCUT2D eigenvalue weighted by Crippen LogP contribution is -2.32. The first-order chi connectivity index (χ1) is 11.2. The van der Waals surface area contributed by atoms with Gasteiger partial charge in [-0.15, -0.1) is 12.4 Å². The zero-order valence-corrected chi connectivity index (χ0v) is 14.6. The number of nitrogens with zero attached hydrogens (tertiary/aromatic N) is 2. The van der Waals surface area contributed by atoms with Gasteiger partial charge in [0.05, 0.1) is 37.6 Å². The van der Waals surface area contributed by atoms with Crippen molar-refractivity contribution in [3.05, 3.63) is 42.2 Å². The van der Waals surface area contributed by atoms with Crippen molar-refractivity contribution in [2.45, 2.75) is 19.1 Å². The summed E-state index contributed by atoms with van der Waals surface area (Å²) in [5, 5.41) is 7.24. The predicted octanol–water partition coefficient (Wildman–Crippen LogP) is 1.28. The molecule has 0 bridgehead atoms. The normalized spacial score (nSPS) is 11.5. The lowest BCUT2D eigenvalue weighted by molar-refractivity contribution is -0.123. The van der Waals surface area contributed by atoms with Gasteiger partial charge in [0.1, 0.15) is 5.75 Å². The molecule has 1 amide bonds. The first-order valence-corrected chi connectivity index (χ1v) is 7.34. The van der Waals surface area contributed by atoms with Gasteiger partial charge in [-0.1, -0.05) is 0 Å². The fourth-order valence-electron chi connectivity index (χ4n) is 2.07. The number of ether oxygens (including phenoxy) is 2. The number of halogens is 1. The van der Waals surface area contributed by atoms with Gasteiger partial charge < -0.3 is 20.5 Å². The van der Waals surface area contributed by atoms with E-state index in [0.717, 1.165) is 17.1 Å². The van der Waals surface area contributed by atoms with Crippen molar-refractivity contribution < 1.29 is 14.3 Å². The highest BCUT2D eigenvalue weighted by Crippen LogP contribution is 2.14. The quantitative estimate of drug-likeness (QED) is 0.745. The summed E-state index contributed by atoms with van der Waals surface area (Å²) in [5.74, 6) is 0.683. The van der Waals surface area contributed by atoms with Crippen LogP contribution in [-0.4, -0.2) is 42.6 Å². The maximum absolute atomic E-state index is 11.8. The minimum absolute atomic E-state index is 0. The molecule has 8 heteroatoms. The van der Waals surface area contributed by atoms with Crippen LogP contribution in [-0.2, 0) is 16.1 Å². The highest BCUT2D eigenvalue weighted by Gasteiger charge is 2.11. The summed E-state index contributed by atoms with van der Waals surface area (Å²) in [5.41, 5.74) is 7.19. The Balaban J connectivity index is 0.00000288. The van der Waals surface area contributed by atoms with Gasteiger partial charge in [0.15, 0.2) is 0 Å². The maximum atomic E-state index is 11.8. The van der Waals surface area contributed by atoms with Crippen molar-refractivity contribution in [3.63, 3.8) is 0 Å². The molecule has 2 rings (SSSR count). The second-order valence-electron chi connectivity index (χ2n) is 5.02. The first kappa shape index (κ1) is 20.0. The van der Waals surface area contributed by atoms with E-state index in [1.807, 2.05) is 36.5 Å². The van der Waals surface area contributed by atoms with E-state index in [-0.39, 0.29) is 30.8 Å². The van der Waals surface area contributed by atoms with Gasteiger partial charge in [0.2, 0.25) is 5.91 Å². The molecule has 7 nitrogen and oxygen atoms in total. The SMILES string of the molecule is COc1ccc(-n2ccc(CNC(=O)CC(CN)OC)n2)cc1.Cl. The van der Waals surface area contributed by atoms with Crippen molar-refractivity contribution in [2.75, 3.05) is 20.8 Å². The molecule has 24 heavy (non-hydrogen) atoms. The Morgan fingerprint density at radius 3 is 2.58 bits per heavy atom. The van der Waals surface area contributed by atoms with E-state index >= 15 is 0 Å². The van der Waals surface area contributed by atoms with Gasteiger partial charge in [-0.05, 0) is 30.3 Å². The number of carbonyl (C=O) groups is 1. The molecule has 1 atom stereocenters. The van der Waals surface area contributed by atoms with Gasteiger partial charge in [0.25, 0.3) is 0 Å². The van der Waals surface area contributed by atoms with Crippen molar-refractivity contribution >= 4 is 18.3 Å². The van der Waals surface area contributed by atoms with Crippen LogP contribution in [0.1, 0.15) is 12.1 Å². The number of carbonyl (C=O) groups excluding carboxylic acids is 1. The minimum Gasteiger partial charge on any atom is -0.497 e. The summed E-state index contributed by atoms with van der Waals surface area (Å²) in [4.78, 5) is 11.8. The summed E-state index contributed by atoms with van der Waals surface area (Å²) in [6.45, 7) is 0.680. The number of hydrogen-bond donors (Lipinski definition) is 2. The fourth-order valence-corrected chi connectivity index (χ4v) is 2.07. The van der Waals surface area contributed by atoms with Crippen molar-refractivity contribution in [3.8, 4) is 11.4 Å². The van der Waals surface area contributed by atoms with E-state index in [4.69, 9.17) is 15.2 Å². The summed E-state index contributed by atoms with van der Waals surface area (Å²) >= 11 is 0. The Kier molecular flexibility index (Phi) is 8.25. The zero-order chi connectivity index (χ0) is 16.7. The summed E-state index contributed by atoms with van der Waals surface area (Å²) in [6, 6.07) is 9.44. The minimum atomic E-state index is -0.258. The van der Waals surface area contributed by atoms with Crippen LogP contribution in [0.4, 0.5) is 0 Å². The molecule has 132 valence electrons. The Hall–Kier alpha value is -2.09. The highest BCUT2D eigenvalue weighted by atomic mass is 35.5. The Morgan fingerprint density at radius 1 is 1.29 bits per heavy atom. The fraction of sp³-hybridized carbons (Fsp3) is 0.375. The Morgan fingerprint density at radius 2 is 2.00 bits per heavy atom. The monoisotopic (exact) mass is 354 g/mol. The first-order valence-electron chi connectivity index (χ1n) is 7.34. The van der Waals surface area contributed by atoms with E-state index in [2.05, 4.69) is 10.4 Å². The van der Waals surface area contributed by atoms with Gasteiger partial charge in [0, 0.05) is 19.9 Å². The van der Waals surface area contributed by atoms with E-state index in [0.29, 0.717) is 13.1 Å². The van der Waals surface area contributed by atoms with Crippen LogP contribution in [0.15, 0.2) is 36.5 Å². The van der Waals surface area contributed by atoms with Crippen LogP contribution in [0.5, 0.6) is 5.75 Å². The van der Waals surface area contributed by atoms with Crippen LogP contribution < -0.4 is 15.8 Å².